The number of ketones is 2. The number of carbonyl (C=O) groups is 9. The molecule has 5 amide bonds. The van der Waals surface area contributed by atoms with Gasteiger partial charge in [0.15, 0.2) is 5.78 Å². The Morgan fingerprint density at radius 1 is 0.526 bits per heavy atom. The Morgan fingerprint density at radius 2 is 0.940 bits per heavy atom. The van der Waals surface area contributed by atoms with Crippen molar-refractivity contribution >= 4 is 76.0 Å². The number of hydrogen-bond acceptors (Lipinski definition) is 15. The molecular weight excluding hydrogens is 1520 g/mol. The lowest BCUT2D eigenvalue weighted by Crippen LogP contribution is -2.46. The van der Waals surface area contributed by atoms with E-state index >= 15 is 4.39 Å². The number of nitrogens with zero attached hydrogens (tertiary/aromatic N) is 2. The number of esters is 1. The molecule has 2 saturated heterocycles. The standard InChI is InChI=1S/C41H48F4N4O5.C33H35F4N3O3.C13H23NO5/c1-24(2)37(46)34(50)19-20-35(51)54-23-27-15-18-30(22-32(27)41(43,44)45)48-39(52)31-11-7-21-49(40(53)36-25(3)8-6-12-33(36)42)38(31)26-13-16-29(17-14-26)47-28-9-4-5-10-28;1-20-6-4-10-28(34)29(20)32(43)40-17-5-9-26(30(40)21-11-14-24(15-12-21)38-23-7-2-3-8-23)31(42)39-25-16-13-22(19-41)27(18-25)33(35,36)37;1-8(2)11(9(15)6-7-10(16)17)14-12(18)19-13(3,4)5/h6,8,12-18,22,24,28,31,37-38,47H,4-5,7,9-11,19-21,23,46H2,1-3H3,(H,48,52);4,6,10-16,18,23,26,30,38,41H,2-3,5,7-9,17,19H2,1H3,(H,39,42);8,11H,6-7H2,1-5H3,(H,14,18)(H,16,17)/t31-,37-,38-;26-,30-;11-/m000/s1. The SMILES string of the molecule is CC(C)[C@H](NC(=O)OC(C)(C)C)C(=O)CCC(=O)O.Cc1cccc(F)c1C(=O)N1CCC[C@H](C(=O)Nc2ccc(CO)c(C(F)(F)F)c2)[C@@H]1c1ccc(NC2CCCC2)cc1.Cc1cccc(F)c1C(=O)N1CCC[C@H](C(=O)Nc2ccc(COC(=O)CCC(=O)[C@@H](N)C(C)C)c(C(F)(F)F)c2)[C@@H]1c1ccc(NC2CCCC2)cc1. The third-order valence-corrected chi connectivity index (χ3v) is 21.1. The van der Waals surface area contributed by atoms with E-state index in [2.05, 4.69) is 26.6 Å². The molecule has 21 nitrogen and oxygen atoms in total. The van der Waals surface area contributed by atoms with E-state index in [9.17, 15) is 79.0 Å². The summed E-state index contributed by atoms with van der Waals surface area (Å²) in [4.78, 5) is 117. The second-order valence-corrected chi connectivity index (χ2v) is 31.7. The quantitative estimate of drug-likeness (QED) is 0.0185. The largest absolute Gasteiger partial charge is 0.481 e. The van der Waals surface area contributed by atoms with E-state index in [4.69, 9.17) is 20.3 Å². The number of benzene rings is 6. The minimum Gasteiger partial charge on any atom is -0.481 e. The van der Waals surface area contributed by atoms with E-state index in [0.29, 0.717) is 60.0 Å². The number of alkyl halides is 6. The smallest absolute Gasteiger partial charge is 0.416 e. The highest BCUT2D eigenvalue weighted by atomic mass is 19.4. The Kier molecular flexibility index (Phi) is 32.3. The molecule has 116 heavy (non-hydrogen) atoms. The lowest BCUT2D eigenvalue weighted by molar-refractivity contribution is -0.148. The summed E-state index contributed by atoms with van der Waals surface area (Å²) >= 11 is 0. The van der Waals surface area contributed by atoms with Crippen molar-refractivity contribution in [3.8, 4) is 0 Å². The molecule has 6 aromatic rings. The predicted octanol–water partition coefficient (Wildman–Crippen LogP) is 17.3. The zero-order valence-corrected chi connectivity index (χ0v) is 66.8. The number of aliphatic hydroxyl groups excluding tert-OH is 1. The monoisotopic (exact) mass is 1620 g/mol. The van der Waals surface area contributed by atoms with Crippen molar-refractivity contribution in [3.05, 3.63) is 189 Å². The van der Waals surface area contributed by atoms with Gasteiger partial charge in [-0.15, -0.1) is 0 Å². The second kappa shape index (κ2) is 41.0. The molecule has 29 heteroatoms. The summed E-state index contributed by atoms with van der Waals surface area (Å²) in [5.74, 6) is -8.11. The number of rotatable bonds is 26. The normalized spacial score (nSPS) is 17.8. The van der Waals surface area contributed by atoms with E-state index in [1.165, 1.54) is 59.0 Å². The maximum atomic E-state index is 15.1. The first-order valence-corrected chi connectivity index (χ1v) is 39.4. The van der Waals surface area contributed by atoms with Gasteiger partial charge in [-0.1, -0.05) is 114 Å². The van der Waals surface area contributed by atoms with E-state index in [1.54, 1.807) is 74.4 Å². The maximum absolute atomic E-state index is 15.1. The summed E-state index contributed by atoms with van der Waals surface area (Å²) in [7, 11) is 0. The fourth-order valence-corrected chi connectivity index (χ4v) is 15.1. The number of anilines is 4. The van der Waals surface area contributed by atoms with Gasteiger partial charge < -0.3 is 61.8 Å². The van der Waals surface area contributed by atoms with E-state index < -0.39 is 132 Å². The molecule has 628 valence electrons. The highest BCUT2D eigenvalue weighted by Crippen LogP contribution is 2.43. The molecule has 0 bridgehead atoms. The van der Waals surface area contributed by atoms with Crippen molar-refractivity contribution < 1.29 is 98.0 Å². The fraction of sp³-hybridized carbons (Fsp3) is 0.483. The number of piperidine rings is 2. The molecule has 9 N–H and O–H groups in total. The Hall–Kier alpha value is -10.3. The van der Waals surface area contributed by atoms with Gasteiger partial charge in [-0.05, 0) is 186 Å². The summed E-state index contributed by atoms with van der Waals surface area (Å²) in [5, 5.41) is 32.7. The van der Waals surface area contributed by atoms with Crippen LogP contribution in [0.25, 0.3) is 0 Å². The van der Waals surface area contributed by atoms with Crippen LogP contribution in [-0.2, 0) is 63.8 Å². The molecule has 2 aliphatic carbocycles. The zero-order chi connectivity index (χ0) is 85.1. The van der Waals surface area contributed by atoms with Crippen LogP contribution in [0.3, 0.4) is 0 Å². The molecule has 0 unspecified atom stereocenters. The van der Waals surface area contributed by atoms with Crippen LogP contribution in [0.2, 0.25) is 0 Å². The number of nitrogens with one attached hydrogen (secondary N) is 5. The maximum Gasteiger partial charge on any atom is 0.416 e. The molecule has 4 fully saturated rings. The molecule has 6 aromatic carbocycles. The number of aryl methyl sites for hydroxylation is 2. The number of aliphatic carboxylic acids is 1. The molecule has 2 aliphatic heterocycles. The van der Waals surface area contributed by atoms with Crippen LogP contribution in [0.5, 0.6) is 0 Å². The lowest BCUT2D eigenvalue weighted by atomic mass is 9.83. The van der Waals surface area contributed by atoms with Crippen LogP contribution in [0.15, 0.2) is 121 Å². The van der Waals surface area contributed by atoms with Gasteiger partial charge >= 0.3 is 30.4 Å². The van der Waals surface area contributed by atoms with Crippen LogP contribution in [0.4, 0.5) is 62.7 Å². The van der Waals surface area contributed by atoms with Gasteiger partial charge in [0.2, 0.25) is 11.8 Å². The minimum absolute atomic E-state index is 0.0671. The first-order valence-electron chi connectivity index (χ1n) is 39.4. The van der Waals surface area contributed by atoms with Crippen LogP contribution >= 0.6 is 0 Å². The number of halogens is 8. The third-order valence-electron chi connectivity index (χ3n) is 21.1. The average Bonchev–Trinajstić information content (AvgIpc) is 0.811. The predicted molar refractivity (Wildman–Crippen MR) is 423 cm³/mol. The number of alkyl carbamates (subject to hydrolysis) is 1. The Balaban J connectivity index is 0.000000241. The number of aliphatic hydroxyl groups is 1. The van der Waals surface area contributed by atoms with Crippen LogP contribution in [0.1, 0.15) is 229 Å². The minimum atomic E-state index is -4.86. The summed E-state index contributed by atoms with van der Waals surface area (Å²) in [6, 6.07) is 27.7. The highest BCUT2D eigenvalue weighted by Gasteiger charge is 2.44. The van der Waals surface area contributed by atoms with Gasteiger partial charge in [-0.25, -0.2) is 13.6 Å². The zero-order valence-electron chi connectivity index (χ0n) is 66.8. The van der Waals surface area contributed by atoms with Crippen molar-refractivity contribution in [1.82, 2.24) is 15.1 Å². The van der Waals surface area contributed by atoms with E-state index in [-0.39, 0.29) is 95.8 Å². The van der Waals surface area contributed by atoms with E-state index in [1.807, 2.05) is 48.5 Å². The summed E-state index contributed by atoms with van der Waals surface area (Å²) in [6.45, 7) is 14.6. The van der Waals surface area contributed by atoms with Crippen molar-refractivity contribution in [1.29, 1.82) is 0 Å². The fourth-order valence-electron chi connectivity index (χ4n) is 15.1. The molecule has 0 aromatic heterocycles. The number of carbonyl (C=O) groups excluding carboxylic acids is 8. The molecule has 4 aliphatic rings. The molecule has 2 heterocycles. The van der Waals surface area contributed by atoms with Gasteiger partial charge in [0.05, 0.1) is 77.7 Å². The van der Waals surface area contributed by atoms with Crippen LogP contribution in [-0.4, -0.2) is 116 Å². The second-order valence-electron chi connectivity index (χ2n) is 31.7. The molecule has 0 radical (unpaired) electrons. The van der Waals surface area contributed by atoms with Gasteiger partial charge in [0.1, 0.15) is 29.6 Å². The number of nitrogens with two attached hydrogens (primary N) is 1. The van der Waals surface area contributed by atoms with Gasteiger partial charge in [-0.3, -0.25) is 38.4 Å². The number of carboxylic acid groups (broad SMARTS) is 1. The average molecular weight is 1620 g/mol. The van der Waals surface area contributed by atoms with Gasteiger partial charge in [0.25, 0.3) is 11.8 Å². The van der Waals surface area contributed by atoms with Crippen molar-refractivity contribution in [3.63, 3.8) is 0 Å². The Bertz CT molecular complexity index is 4380. The number of hydrogen-bond donors (Lipinski definition) is 8. The summed E-state index contributed by atoms with van der Waals surface area (Å²) in [6.07, 6.45) is -0.592. The van der Waals surface area contributed by atoms with Crippen LogP contribution < -0.4 is 32.3 Å². The number of ether oxygens (including phenoxy) is 2. The number of Topliss-reactive ketones (excluding diaryl/α,β-unsaturated/α-hetero) is 2. The number of likely N-dealkylation sites (tertiary alicyclic amines) is 2. The molecule has 6 atom stereocenters. The lowest BCUT2D eigenvalue weighted by Gasteiger charge is -2.41. The number of carboxylic acids is 1. The summed E-state index contributed by atoms with van der Waals surface area (Å²) in [5.41, 5.74) is 6.03. The Morgan fingerprint density at radius 3 is 1.33 bits per heavy atom. The first kappa shape index (κ1) is 91.2. The van der Waals surface area contributed by atoms with Crippen LogP contribution in [0, 0.1) is 49.2 Å². The van der Waals surface area contributed by atoms with Gasteiger partial charge in [0, 0.05) is 66.3 Å². The molecule has 2 saturated carbocycles. The summed E-state index contributed by atoms with van der Waals surface area (Å²) < 4.78 is 124. The van der Waals surface area contributed by atoms with Crippen molar-refractivity contribution in [2.45, 2.75) is 232 Å². The molecular formula is C87H106F8N8O13. The molecule has 0 spiro atoms. The van der Waals surface area contributed by atoms with Gasteiger partial charge in [-0.2, -0.15) is 26.3 Å². The van der Waals surface area contributed by atoms with E-state index in [0.717, 1.165) is 74.2 Å². The topological polar surface area (TPSA) is 305 Å². The Labute approximate surface area is 671 Å². The number of amides is 5. The highest BCUT2D eigenvalue weighted by molar-refractivity contribution is 6.00. The van der Waals surface area contributed by atoms with Crippen molar-refractivity contribution in [2.75, 3.05) is 34.4 Å². The first-order chi connectivity index (χ1) is 54.7. The third kappa shape index (κ3) is 25.4. The molecule has 10 rings (SSSR count). The van der Waals surface area contributed by atoms with Crippen molar-refractivity contribution in [2.24, 2.45) is 29.4 Å².